The van der Waals surface area contributed by atoms with E-state index in [1.807, 2.05) is 0 Å². The third-order valence-corrected chi connectivity index (χ3v) is 8.88. The van der Waals surface area contributed by atoms with Crippen LogP contribution in [0.25, 0.3) is 11.2 Å². The standard InChI is InChI=1S/C23H30N6O5/c24-18-14-19(28-22(27-18)23(33)11-4-9-3-10(6-11)7-12(23)5-9)29(8-25-14)21-16(31)15(30)17(34-21)20(32)26-13-1-2-13/h8-13,15-17,21,30-31,33H,1-7H2,(H,26,32)(H2,24,27,28)/t9?,10?,11?,12?,15?,16?,17-,21+,23?/m0/s1. The molecule has 2 aromatic heterocycles. The molecule has 1 saturated heterocycles. The molecule has 6 aliphatic rings. The highest BCUT2D eigenvalue weighted by Crippen LogP contribution is 2.61. The van der Waals surface area contributed by atoms with Gasteiger partial charge in [0.05, 0.1) is 6.33 Å². The van der Waals surface area contributed by atoms with Crippen LogP contribution in [0.4, 0.5) is 5.82 Å². The van der Waals surface area contributed by atoms with Gasteiger partial charge in [-0.2, -0.15) is 0 Å². The number of aliphatic hydroxyl groups excluding tert-OH is 2. The average molecular weight is 471 g/mol. The molecule has 1 amide bonds. The van der Waals surface area contributed by atoms with E-state index in [-0.39, 0.29) is 23.7 Å². The van der Waals surface area contributed by atoms with Crippen LogP contribution in [-0.2, 0) is 15.1 Å². The monoisotopic (exact) mass is 470 g/mol. The first kappa shape index (κ1) is 21.0. The summed E-state index contributed by atoms with van der Waals surface area (Å²) < 4.78 is 7.30. The van der Waals surface area contributed by atoms with Gasteiger partial charge < -0.3 is 31.1 Å². The van der Waals surface area contributed by atoms with E-state index < -0.39 is 36.0 Å². The van der Waals surface area contributed by atoms with Crippen molar-refractivity contribution in [2.24, 2.45) is 23.7 Å². The van der Waals surface area contributed by atoms with E-state index >= 15 is 0 Å². The van der Waals surface area contributed by atoms with Crippen LogP contribution in [0.1, 0.15) is 57.0 Å². The highest BCUT2D eigenvalue weighted by atomic mass is 16.6. The normalized spacial score (nSPS) is 43.0. The SMILES string of the molecule is Nc1nc(C2(O)C3CC4CC(C3)CC2C4)nc2c1ncn2[C@@H]1O[C@H](C(=O)NC2CC2)C(O)C1O. The summed E-state index contributed by atoms with van der Waals surface area (Å²) in [7, 11) is 0. The average Bonchev–Trinajstić information content (AvgIpc) is 3.43. The molecule has 6 fully saturated rings. The predicted molar refractivity (Wildman–Crippen MR) is 118 cm³/mol. The molecule has 4 atom stereocenters. The first-order valence-corrected chi connectivity index (χ1v) is 12.4. The summed E-state index contributed by atoms with van der Waals surface area (Å²) in [6.45, 7) is 0. The Morgan fingerprint density at radius 3 is 2.41 bits per heavy atom. The number of carbonyl (C=O) groups excluding carboxylic acids is 1. The van der Waals surface area contributed by atoms with Crippen molar-refractivity contribution >= 4 is 22.9 Å². The van der Waals surface area contributed by atoms with Crippen molar-refractivity contribution in [3.63, 3.8) is 0 Å². The van der Waals surface area contributed by atoms with Gasteiger partial charge in [0.25, 0.3) is 5.91 Å². The maximum atomic E-state index is 12.5. The number of hydrogen-bond acceptors (Lipinski definition) is 9. The fourth-order valence-corrected chi connectivity index (χ4v) is 7.19. The van der Waals surface area contributed by atoms with Crippen LogP contribution in [-0.4, -0.2) is 65.1 Å². The lowest BCUT2D eigenvalue weighted by molar-refractivity contribution is -0.183. The Morgan fingerprint density at radius 2 is 1.76 bits per heavy atom. The topological polar surface area (TPSA) is 169 Å². The molecule has 2 aromatic rings. The molecule has 5 aliphatic carbocycles. The summed E-state index contributed by atoms with van der Waals surface area (Å²) in [4.78, 5) is 26.1. The number of nitrogens with one attached hydrogen (secondary N) is 1. The van der Waals surface area contributed by atoms with Gasteiger partial charge in [0.2, 0.25) is 0 Å². The van der Waals surface area contributed by atoms with Crippen LogP contribution in [0.15, 0.2) is 6.33 Å². The molecule has 0 spiro atoms. The predicted octanol–water partition coefficient (Wildman–Crippen LogP) is -0.0500. The number of nitrogens with zero attached hydrogens (tertiary/aromatic N) is 4. The Morgan fingerprint density at radius 1 is 1.09 bits per heavy atom. The molecular weight excluding hydrogens is 440 g/mol. The lowest BCUT2D eigenvalue weighted by Crippen LogP contribution is -2.56. The third kappa shape index (κ3) is 2.90. The quantitative estimate of drug-likeness (QED) is 0.411. The molecule has 0 radical (unpaired) electrons. The third-order valence-electron chi connectivity index (χ3n) is 8.88. The number of fused-ring (bicyclic) bond motifs is 1. The van der Waals surface area contributed by atoms with Crippen LogP contribution in [0.5, 0.6) is 0 Å². The number of nitrogen functional groups attached to an aromatic ring is 1. The Hall–Kier alpha value is -2.34. The molecule has 182 valence electrons. The molecule has 11 heteroatoms. The van der Waals surface area contributed by atoms with Crippen LogP contribution in [0, 0.1) is 23.7 Å². The van der Waals surface area contributed by atoms with Gasteiger partial charge >= 0.3 is 0 Å². The molecule has 6 N–H and O–H groups in total. The van der Waals surface area contributed by atoms with Crippen LogP contribution >= 0.6 is 0 Å². The van der Waals surface area contributed by atoms with Crippen molar-refractivity contribution in [1.82, 2.24) is 24.8 Å². The van der Waals surface area contributed by atoms with E-state index in [1.54, 1.807) is 0 Å². The molecule has 0 aromatic carbocycles. The van der Waals surface area contributed by atoms with E-state index in [0.29, 0.717) is 28.8 Å². The molecular formula is C23H30N6O5. The van der Waals surface area contributed by atoms with Crippen LogP contribution in [0.3, 0.4) is 0 Å². The molecule has 4 bridgehead atoms. The Bertz CT molecular complexity index is 1140. The smallest absolute Gasteiger partial charge is 0.252 e. The van der Waals surface area contributed by atoms with Gasteiger partial charge in [-0.25, -0.2) is 15.0 Å². The minimum absolute atomic E-state index is 0.0996. The highest BCUT2D eigenvalue weighted by Gasteiger charge is 2.59. The van der Waals surface area contributed by atoms with Crippen molar-refractivity contribution in [2.45, 2.75) is 81.1 Å². The fraction of sp³-hybridized carbons (Fsp3) is 0.739. The van der Waals surface area contributed by atoms with Gasteiger partial charge in [0.15, 0.2) is 29.6 Å². The molecule has 3 heterocycles. The van der Waals surface area contributed by atoms with Crippen molar-refractivity contribution < 1.29 is 24.9 Å². The largest absolute Gasteiger partial charge is 0.387 e. The number of hydrogen-bond donors (Lipinski definition) is 5. The van der Waals surface area contributed by atoms with Crippen molar-refractivity contribution in [1.29, 1.82) is 0 Å². The second kappa shape index (κ2) is 7.09. The number of imidazole rings is 1. The fourth-order valence-electron chi connectivity index (χ4n) is 7.19. The van der Waals surface area contributed by atoms with Gasteiger partial charge in [0.1, 0.15) is 23.3 Å². The number of aliphatic hydroxyl groups is 3. The number of amides is 1. The number of ether oxygens (including phenoxy) is 1. The number of aromatic nitrogens is 4. The summed E-state index contributed by atoms with van der Waals surface area (Å²) in [6.07, 6.45) is 3.32. The zero-order valence-corrected chi connectivity index (χ0v) is 18.7. The Kier molecular flexibility index (Phi) is 4.38. The summed E-state index contributed by atoms with van der Waals surface area (Å²) >= 11 is 0. The molecule has 1 aliphatic heterocycles. The second-order valence-corrected chi connectivity index (χ2v) is 11.1. The van der Waals surface area contributed by atoms with E-state index in [9.17, 15) is 20.1 Å². The summed E-state index contributed by atoms with van der Waals surface area (Å²) in [5, 5.41) is 36.0. The minimum Gasteiger partial charge on any atom is -0.387 e. The summed E-state index contributed by atoms with van der Waals surface area (Å²) in [5.74, 6) is 1.53. The van der Waals surface area contributed by atoms with E-state index in [2.05, 4.69) is 15.3 Å². The first-order valence-electron chi connectivity index (χ1n) is 12.4. The van der Waals surface area contributed by atoms with Gasteiger partial charge in [-0.1, -0.05) is 0 Å². The van der Waals surface area contributed by atoms with Gasteiger partial charge in [-0.05, 0) is 68.6 Å². The van der Waals surface area contributed by atoms with E-state index in [1.165, 1.54) is 17.3 Å². The lowest BCUT2D eigenvalue weighted by Gasteiger charge is -2.58. The molecule has 5 saturated carbocycles. The molecule has 11 nitrogen and oxygen atoms in total. The Labute approximate surface area is 195 Å². The molecule has 34 heavy (non-hydrogen) atoms. The van der Waals surface area contributed by atoms with Crippen LogP contribution in [0.2, 0.25) is 0 Å². The van der Waals surface area contributed by atoms with Crippen molar-refractivity contribution in [2.75, 3.05) is 5.73 Å². The van der Waals surface area contributed by atoms with Crippen molar-refractivity contribution in [3.8, 4) is 0 Å². The van der Waals surface area contributed by atoms with Crippen molar-refractivity contribution in [3.05, 3.63) is 12.2 Å². The minimum atomic E-state index is -1.39. The maximum Gasteiger partial charge on any atom is 0.252 e. The lowest BCUT2D eigenvalue weighted by atomic mass is 9.49. The molecule has 2 unspecified atom stereocenters. The van der Waals surface area contributed by atoms with Gasteiger partial charge in [-0.3, -0.25) is 9.36 Å². The Balaban J connectivity index is 1.25. The number of carbonyl (C=O) groups is 1. The zero-order chi connectivity index (χ0) is 23.4. The highest BCUT2D eigenvalue weighted by molar-refractivity contribution is 5.83. The number of anilines is 1. The zero-order valence-electron chi connectivity index (χ0n) is 18.7. The maximum absolute atomic E-state index is 12.5. The number of rotatable bonds is 4. The van der Waals surface area contributed by atoms with Crippen LogP contribution < -0.4 is 11.1 Å². The molecule has 8 rings (SSSR count). The van der Waals surface area contributed by atoms with E-state index in [4.69, 9.17) is 15.5 Å². The van der Waals surface area contributed by atoms with E-state index in [0.717, 1.165) is 38.5 Å². The van der Waals surface area contributed by atoms with Gasteiger partial charge in [0, 0.05) is 6.04 Å². The summed E-state index contributed by atoms with van der Waals surface area (Å²) in [5.41, 5.74) is 5.75. The summed E-state index contributed by atoms with van der Waals surface area (Å²) in [6, 6.07) is 0.102. The second-order valence-electron chi connectivity index (χ2n) is 11.1. The number of nitrogens with two attached hydrogens (primary N) is 1. The van der Waals surface area contributed by atoms with Gasteiger partial charge in [-0.15, -0.1) is 0 Å². The first-order chi connectivity index (χ1) is 16.3.